The quantitative estimate of drug-likeness (QED) is 0.310. The van der Waals surface area contributed by atoms with Gasteiger partial charge in [0.2, 0.25) is 10.0 Å². The molecule has 0 radical (unpaired) electrons. The lowest BCUT2D eigenvalue weighted by molar-refractivity contribution is 0.317. The summed E-state index contributed by atoms with van der Waals surface area (Å²) < 4.78 is 26.0. The van der Waals surface area contributed by atoms with Crippen LogP contribution in [0.2, 0.25) is 0 Å². The van der Waals surface area contributed by atoms with Gasteiger partial charge in [0.25, 0.3) is 0 Å². The van der Waals surface area contributed by atoms with E-state index >= 15 is 0 Å². The molecule has 0 aliphatic heterocycles. The zero-order valence-corrected chi connectivity index (χ0v) is 10.4. The number of hydrogen-bond acceptors (Lipinski definition) is 5. The molecule has 0 spiro atoms. The van der Waals surface area contributed by atoms with Crippen molar-refractivity contribution in [2.24, 2.45) is 10.9 Å². The van der Waals surface area contributed by atoms with Gasteiger partial charge in [0.1, 0.15) is 4.90 Å². The Bertz CT molecular complexity index is 502. The normalized spacial score (nSPS) is 12.7. The van der Waals surface area contributed by atoms with Crippen molar-refractivity contribution >= 4 is 31.8 Å². The molecule has 88 valence electrons. The van der Waals surface area contributed by atoms with Crippen molar-refractivity contribution in [1.29, 1.82) is 0 Å². The van der Waals surface area contributed by atoms with Crippen LogP contribution in [0.1, 0.15) is 0 Å². The van der Waals surface area contributed by atoms with E-state index in [1.807, 2.05) is 0 Å². The molecule has 0 aliphatic carbocycles. The summed E-state index contributed by atoms with van der Waals surface area (Å²) in [5, 5.41) is 10.9. The number of halogens is 1. The van der Waals surface area contributed by atoms with Gasteiger partial charge in [-0.2, -0.15) is 0 Å². The van der Waals surface area contributed by atoms with Crippen LogP contribution in [0.25, 0.3) is 0 Å². The largest absolute Gasteiger partial charge is 0.409 e. The molecule has 0 aromatic carbocycles. The molecule has 1 rings (SSSR count). The van der Waals surface area contributed by atoms with Gasteiger partial charge >= 0.3 is 0 Å². The molecule has 1 aromatic rings. The molecule has 0 saturated heterocycles. The molecule has 16 heavy (non-hydrogen) atoms. The van der Waals surface area contributed by atoms with E-state index in [4.69, 9.17) is 10.9 Å². The Morgan fingerprint density at radius 2 is 2.31 bits per heavy atom. The molecule has 0 bridgehead atoms. The van der Waals surface area contributed by atoms with Crippen LogP contribution in [0.3, 0.4) is 0 Å². The van der Waals surface area contributed by atoms with Crippen LogP contribution in [0.5, 0.6) is 0 Å². The lowest BCUT2D eigenvalue weighted by Crippen LogP contribution is -2.33. The highest BCUT2D eigenvalue weighted by Crippen LogP contribution is 2.13. The van der Waals surface area contributed by atoms with Crippen LogP contribution in [0.15, 0.2) is 33.0 Å². The Balaban J connectivity index is 2.87. The number of nitrogens with two attached hydrogens (primary N) is 1. The summed E-state index contributed by atoms with van der Waals surface area (Å²) in [7, 11) is -3.70. The first kappa shape index (κ1) is 12.9. The molecule has 0 fully saturated rings. The summed E-state index contributed by atoms with van der Waals surface area (Å²) in [5.74, 6) is -0.230. The third kappa shape index (κ3) is 3.43. The van der Waals surface area contributed by atoms with Crippen molar-refractivity contribution in [1.82, 2.24) is 9.71 Å². The van der Waals surface area contributed by atoms with Crippen LogP contribution < -0.4 is 10.5 Å². The van der Waals surface area contributed by atoms with Gasteiger partial charge in [-0.15, -0.1) is 0 Å². The summed E-state index contributed by atoms with van der Waals surface area (Å²) >= 11 is 3.11. The molecule has 0 atom stereocenters. The molecular formula is C7H9BrN4O3S. The van der Waals surface area contributed by atoms with Gasteiger partial charge in [-0.3, -0.25) is 4.98 Å². The predicted molar refractivity (Wildman–Crippen MR) is 60.5 cm³/mol. The van der Waals surface area contributed by atoms with Crippen LogP contribution in [0, 0.1) is 0 Å². The predicted octanol–water partition coefficient (Wildman–Crippen LogP) is -0.131. The Hall–Kier alpha value is -1.19. The summed E-state index contributed by atoms with van der Waals surface area (Å²) in [6.07, 6.45) is 2.65. The molecule has 0 amide bonds. The maximum absolute atomic E-state index is 11.6. The highest BCUT2D eigenvalue weighted by atomic mass is 79.9. The number of nitrogens with one attached hydrogen (secondary N) is 1. The first-order valence-corrected chi connectivity index (χ1v) is 6.30. The third-order valence-electron chi connectivity index (χ3n) is 1.56. The van der Waals surface area contributed by atoms with E-state index in [0.29, 0.717) is 4.47 Å². The van der Waals surface area contributed by atoms with Gasteiger partial charge in [0, 0.05) is 16.9 Å². The SMILES string of the molecule is NC(CNS(=O)(=O)c1cncc(Br)c1)=NO. The third-order valence-corrected chi connectivity index (χ3v) is 3.36. The Labute approximate surface area is 101 Å². The Morgan fingerprint density at radius 1 is 1.62 bits per heavy atom. The smallest absolute Gasteiger partial charge is 0.242 e. The second-order valence-electron chi connectivity index (χ2n) is 2.75. The number of oxime groups is 1. The first-order valence-electron chi connectivity index (χ1n) is 4.02. The topological polar surface area (TPSA) is 118 Å². The molecule has 0 saturated carbocycles. The number of hydrogen-bond donors (Lipinski definition) is 3. The fourth-order valence-electron chi connectivity index (χ4n) is 0.827. The van der Waals surface area contributed by atoms with Crippen LogP contribution in [-0.2, 0) is 10.0 Å². The van der Waals surface area contributed by atoms with E-state index in [9.17, 15) is 8.42 Å². The minimum absolute atomic E-state index is 0.00684. The van der Waals surface area contributed by atoms with Crippen LogP contribution in [0.4, 0.5) is 0 Å². The molecule has 7 nitrogen and oxygen atoms in total. The number of rotatable bonds is 4. The fraction of sp³-hybridized carbons (Fsp3) is 0.143. The molecule has 0 aliphatic rings. The van der Waals surface area contributed by atoms with Crippen molar-refractivity contribution in [3.63, 3.8) is 0 Å². The van der Waals surface area contributed by atoms with E-state index < -0.39 is 10.0 Å². The van der Waals surface area contributed by atoms with Crippen molar-refractivity contribution in [2.45, 2.75) is 4.90 Å². The number of aromatic nitrogens is 1. The van der Waals surface area contributed by atoms with Gasteiger partial charge in [0.15, 0.2) is 5.84 Å². The number of nitrogens with zero attached hydrogens (tertiary/aromatic N) is 2. The van der Waals surface area contributed by atoms with E-state index in [2.05, 4.69) is 30.8 Å². The molecule has 9 heteroatoms. The van der Waals surface area contributed by atoms with E-state index in [1.165, 1.54) is 18.5 Å². The minimum atomic E-state index is -3.70. The van der Waals surface area contributed by atoms with Gasteiger partial charge in [-0.1, -0.05) is 5.16 Å². The van der Waals surface area contributed by atoms with Gasteiger partial charge in [-0.05, 0) is 22.0 Å². The summed E-state index contributed by atoms with van der Waals surface area (Å²) in [5.41, 5.74) is 5.14. The van der Waals surface area contributed by atoms with Crippen LogP contribution in [-0.4, -0.2) is 31.0 Å². The van der Waals surface area contributed by atoms with Crippen molar-refractivity contribution in [3.05, 3.63) is 22.9 Å². The fourth-order valence-corrected chi connectivity index (χ4v) is 2.33. The lowest BCUT2D eigenvalue weighted by Gasteiger charge is -2.05. The zero-order valence-electron chi connectivity index (χ0n) is 7.96. The monoisotopic (exact) mass is 308 g/mol. The van der Waals surface area contributed by atoms with E-state index in [1.54, 1.807) is 0 Å². The molecule has 1 heterocycles. The molecule has 0 unspecified atom stereocenters. The van der Waals surface area contributed by atoms with Crippen molar-refractivity contribution < 1.29 is 13.6 Å². The highest BCUT2D eigenvalue weighted by Gasteiger charge is 2.14. The maximum atomic E-state index is 11.6. The maximum Gasteiger partial charge on any atom is 0.242 e. The Kier molecular flexibility index (Phi) is 4.21. The lowest BCUT2D eigenvalue weighted by atomic mass is 10.5. The van der Waals surface area contributed by atoms with Crippen LogP contribution >= 0.6 is 15.9 Å². The molecule has 1 aromatic heterocycles. The average molecular weight is 309 g/mol. The summed E-state index contributed by atoms with van der Waals surface area (Å²) in [4.78, 5) is 3.71. The van der Waals surface area contributed by atoms with E-state index in [-0.39, 0.29) is 17.3 Å². The summed E-state index contributed by atoms with van der Waals surface area (Å²) in [6, 6.07) is 1.39. The zero-order chi connectivity index (χ0) is 12.2. The minimum Gasteiger partial charge on any atom is -0.409 e. The standard InChI is InChI=1S/C7H9BrN4O3S/c8-5-1-6(3-10-2-5)16(14,15)11-4-7(9)12-13/h1-3,11,13H,4H2,(H2,9,12). The van der Waals surface area contributed by atoms with E-state index in [0.717, 1.165) is 0 Å². The van der Waals surface area contributed by atoms with Gasteiger partial charge < -0.3 is 10.9 Å². The second-order valence-corrected chi connectivity index (χ2v) is 5.44. The molecule has 4 N–H and O–H groups in total. The first-order chi connectivity index (χ1) is 7.45. The number of amidine groups is 1. The second kappa shape index (κ2) is 5.23. The Morgan fingerprint density at radius 3 is 2.88 bits per heavy atom. The van der Waals surface area contributed by atoms with Crippen molar-refractivity contribution in [3.8, 4) is 0 Å². The van der Waals surface area contributed by atoms with Gasteiger partial charge in [0.05, 0.1) is 6.54 Å². The summed E-state index contributed by atoms with van der Waals surface area (Å²) in [6.45, 7) is -0.272. The molecular weight excluding hydrogens is 300 g/mol. The van der Waals surface area contributed by atoms with Crippen molar-refractivity contribution in [2.75, 3.05) is 6.54 Å². The highest BCUT2D eigenvalue weighted by molar-refractivity contribution is 9.10. The number of sulfonamides is 1. The number of pyridine rings is 1. The van der Waals surface area contributed by atoms with Gasteiger partial charge in [-0.25, -0.2) is 13.1 Å². The average Bonchev–Trinajstić information content (AvgIpc) is 2.26.